The summed E-state index contributed by atoms with van der Waals surface area (Å²) in [6.07, 6.45) is 0. The summed E-state index contributed by atoms with van der Waals surface area (Å²) in [6, 6.07) is 23.2. The third kappa shape index (κ3) is 4.52. The Kier molecular flexibility index (Phi) is 7.00. The van der Waals surface area contributed by atoms with Crippen LogP contribution in [0.1, 0.15) is 43.0 Å². The number of aliphatic hydroxyl groups is 2. The second-order valence-corrected chi connectivity index (χ2v) is 25.8. The Balaban J connectivity index is 0.000000153. The van der Waals surface area contributed by atoms with Crippen molar-refractivity contribution in [1.29, 1.82) is 0 Å². The Labute approximate surface area is 229 Å². The molecule has 0 fully saturated rings. The predicted molar refractivity (Wildman–Crippen MR) is 153 cm³/mol. The van der Waals surface area contributed by atoms with Gasteiger partial charge >= 0.3 is 123 Å². The Hall–Kier alpha value is -2.58. The molecule has 0 radical (unpaired) electrons. The van der Waals surface area contributed by atoms with E-state index < -0.39 is 18.4 Å². The Morgan fingerprint density at radius 1 is 0.622 bits per heavy atom. The average molecular weight is 662 g/mol. The van der Waals surface area contributed by atoms with Crippen molar-refractivity contribution in [3.05, 3.63) is 111 Å². The third-order valence-electron chi connectivity index (χ3n) is 6.99. The number of ketones is 2. The van der Waals surface area contributed by atoms with Gasteiger partial charge in [0.25, 0.3) is 0 Å². The topological polar surface area (TPSA) is 74.6 Å². The van der Waals surface area contributed by atoms with Crippen LogP contribution in [0, 0.1) is 0 Å². The van der Waals surface area contributed by atoms with E-state index in [4.69, 9.17) is 0 Å². The molecule has 6 heteroatoms. The molecule has 37 heavy (non-hydrogen) atoms. The Morgan fingerprint density at radius 2 is 1.05 bits per heavy atom. The quantitative estimate of drug-likeness (QED) is 0.225. The monoisotopic (exact) mass is 662 g/mol. The molecule has 0 bridgehead atoms. The van der Waals surface area contributed by atoms with Crippen LogP contribution in [0.15, 0.2) is 77.3 Å². The first-order chi connectivity index (χ1) is 17.7. The molecule has 0 amide bonds. The first-order valence-corrected chi connectivity index (χ1v) is 22.9. The van der Waals surface area contributed by atoms with Crippen LogP contribution in [0.25, 0.3) is 22.3 Å². The third-order valence-corrected chi connectivity index (χ3v) is 13.2. The molecule has 186 valence electrons. The summed E-state index contributed by atoms with van der Waals surface area (Å²) in [5.74, 6) is 0.0578. The number of hydrogen-bond donors (Lipinski definition) is 2. The number of hydrogen-bond acceptors (Lipinski definition) is 4. The molecule has 0 aliphatic heterocycles. The summed E-state index contributed by atoms with van der Waals surface area (Å²) < 4.78 is 2.23. The van der Waals surface area contributed by atoms with Crippen molar-refractivity contribution < 1.29 is 19.8 Å². The van der Waals surface area contributed by atoms with Crippen LogP contribution in [0.3, 0.4) is 0 Å². The normalized spacial score (nSPS) is 12.9. The zero-order valence-corrected chi connectivity index (χ0v) is 25.4. The number of halogens is 1. The van der Waals surface area contributed by atoms with E-state index in [1.165, 1.54) is 3.58 Å². The Bertz CT molecular complexity index is 1580. The standard InChI is InChI=1S/C14H9BrO2.C14H9O2.3CH3.Sn/c15-9-5-8(7-16)13-12(6-9)10-3-1-2-4-11(10)14(13)17;15-8-9-4-3-7-11-10-5-1-2-6-12(10)14(16)13(9)11;;;;/h1-6,16H,7H2;1-2,4-7,15H,8H2;3*1H3;. The minimum absolute atomic E-state index is 0.00662. The summed E-state index contributed by atoms with van der Waals surface area (Å²) in [6.45, 7) is -0.195. The maximum absolute atomic E-state index is 12.5. The fourth-order valence-electron chi connectivity index (χ4n) is 5.11. The van der Waals surface area contributed by atoms with Crippen LogP contribution in [0.2, 0.25) is 14.8 Å². The van der Waals surface area contributed by atoms with E-state index in [0.717, 1.165) is 43.4 Å². The molecule has 0 saturated heterocycles. The van der Waals surface area contributed by atoms with Gasteiger partial charge in [-0.05, 0) is 28.8 Å². The molecule has 6 rings (SSSR count). The molecule has 0 unspecified atom stereocenters. The van der Waals surface area contributed by atoms with E-state index in [0.29, 0.717) is 16.7 Å². The molecule has 4 aromatic rings. The molecule has 2 aliphatic carbocycles. The SMILES string of the molecule is O=C1c2ccccc2-c2cc(Br)cc(CO)c21.[CH3][Sn]([CH3])([CH3])[c]1cc(CO)c2c(c1)-c1ccccc1C2=O. The zero-order chi connectivity index (χ0) is 26.5. The molecule has 2 aliphatic rings. The molecule has 4 nitrogen and oxygen atoms in total. The predicted octanol–water partition coefficient (Wildman–Crippen LogP) is 6.09. The maximum atomic E-state index is 12.5. The van der Waals surface area contributed by atoms with Crippen LogP contribution in [0.5, 0.6) is 0 Å². The first-order valence-electron chi connectivity index (χ1n) is 12.2. The van der Waals surface area contributed by atoms with Crippen LogP contribution in [0.4, 0.5) is 0 Å². The average Bonchev–Trinajstić information content (AvgIpc) is 3.35. The van der Waals surface area contributed by atoms with Crippen molar-refractivity contribution in [2.75, 3.05) is 0 Å². The van der Waals surface area contributed by atoms with Gasteiger partial charge in [-0.15, -0.1) is 0 Å². The summed E-state index contributed by atoms with van der Waals surface area (Å²) in [5, 5.41) is 19.0. The van der Waals surface area contributed by atoms with Crippen molar-refractivity contribution in [3.8, 4) is 22.3 Å². The number of carbonyl (C=O) groups is 2. The second-order valence-electron chi connectivity index (χ2n) is 10.4. The van der Waals surface area contributed by atoms with Gasteiger partial charge in [0, 0.05) is 15.6 Å². The molecule has 0 aromatic heterocycles. The van der Waals surface area contributed by atoms with Crippen molar-refractivity contribution >= 4 is 49.5 Å². The fraction of sp³-hybridized carbons (Fsp3) is 0.161. The molecule has 0 saturated carbocycles. The van der Waals surface area contributed by atoms with Gasteiger partial charge in [0.15, 0.2) is 5.78 Å². The van der Waals surface area contributed by atoms with Crippen molar-refractivity contribution in [2.24, 2.45) is 0 Å². The van der Waals surface area contributed by atoms with Crippen molar-refractivity contribution in [2.45, 2.75) is 28.0 Å². The number of aliphatic hydroxyl groups excluding tert-OH is 2. The summed E-state index contributed by atoms with van der Waals surface area (Å²) >= 11 is 1.16. The van der Waals surface area contributed by atoms with E-state index in [9.17, 15) is 19.8 Å². The van der Waals surface area contributed by atoms with E-state index in [2.05, 4.69) is 42.9 Å². The van der Waals surface area contributed by atoms with Gasteiger partial charge in [-0.1, -0.05) is 40.2 Å². The summed E-state index contributed by atoms with van der Waals surface area (Å²) in [7, 11) is 0. The molecule has 2 N–H and O–H groups in total. The van der Waals surface area contributed by atoms with E-state index in [1.807, 2.05) is 54.6 Å². The molecule has 0 atom stereocenters. The van der Waals surface area contributed by atoms with Crippen LogP contribution < -0.4 is 3.58 Å². The summed E-state index contributed by atoms with van der Waals surface area (Å²) in [4.78, 5) is 31.8. The van der Waals surface area contributed by atoms with Crippen LogP contribution in [-0.4, -0.2) is 40.2 Å². The first kappa shape index (κ1) is 26.0. The second kappa shape index (κ2) is 9.95. The number of rotatable bonds is 3. The fourth-order valence-corrected chi connectivity index (χ4v) is 9.00. The van der Waals surface area contributed by atoms with E-state index in [1.54, 1.807) is 6.07 Å². The molecular formula is C31H27BrO4Sn. The molecule has 0 heterocycles. The van der Waals surface area contributed by atoms with Gasteiger partial charge in [0.2, 0.25) is 0 Å². The summed E-state index contributed by atoms with van der Waals surface area (Å²) in [5.41, 5.74) is 8.16. The number of carbonyl (C=O) groups excluding carboxylic acids is 2. The minimum atomic E-state index is -2.24. The van der Waals surface area contributed by atoms with Crippen LogP contribution >= 0.6 is 15.9 Å². The number of benzene rings is 4. The molecular weight excluding hydrogens is 635 g/mol. The van der Waals surface area contributed by atoms with Gasteiger partial charge in [0.1, 0.15) is 0 Å². The number of fused-ring (bicyclic) bond motifs is 6. The zero-order valence-electron chi connectivity index (χ0n) is 20.9. The van der Waals surface area contributed by atoms with Crippen molar-refractivity contribution in [3.63, 3.8) is 0 Å². The molecule has 0 spiro atoms. The van der Waals surface area contributed by atoms with Crippen LogP contribution in [-0.2, 0) is 13.2 Å². The van der Waals surface area contributed by atoms with Gasteiger partial charge in [-0.25, -0.2) is 0 Å². The molecule has 4 aromatic carbocycles. The van der Waals surface area contributed by atoms with Gasteiger partial charge < -0.3 is 5.11 Å². The van der Waals surface area contributed by atoms with E-state index >= 15 is 0 Å². The van der Waals surface area contributed by atoms with E-state index in [-0.39, 0.29) is 24.8 Å². The van der Waals surface area contributed by atoms with Gasteiger partial charge in [-0.3, -0.25) is 4.79 Å². The van der Waals surface area contributed by atoms with Crippen molar-refractivity contribution in [1.82, 2.24) is 0 Å². The van der Waals surface area contributed by atoms with Gasteiger partial charge in [0.05, 0.1) is 6.61 Å². The van der Waals surface area contributed by atoms with Gasteiger partial charge in [-0.2, -0.15) is 0 Å². The Morgan fingerprint density at radius 3 is 1.51 bits per heavy atom.